The van der Waals surface area contributed by atoms with Crippen LogP contribution in [0.15, 0.2) is 83.5 Å². The number of hydrogen-bond donors (Lipinski definition) is 2. The minimum absolute atomic E-state index is 0.107. The Morgan fingerprint density at radius 2 is 1.76 bits per heavy atom. The van der Waals surface area contributed by atoms with Gasteiger partial charge >= 0.3 is 0 Å². The van der Waals surface area contributed by atoms with E-state index in [1.165, 1.54) is 5.56 Å². The van der Waals surface area contributed by atoms with Crippen molar-refractivity contribution in [2.75, 3.05) is 4.90 Å². The number of aryl methyl sites for hydroxylation is 1. The number of aromatic nitrogens is 2. The molecule has 2 aromatic heterocycles. The molecule has 1 fully saturated rings. The van der Waals surface area contributed by atoms with Crippen LogP contribution in [0, 0.1) is 13.8 Å². The Balaban J connectivity index is 1.68. The van der Waals surface area contributed by atoms with Crippen molar-refractivity contribution in [1.82, 2.24) is 14.9 Å². The molecule has 0 unspecified atom stereocenters. The van der Waals surface area contributed by atoms with Crippen LogP contribution in [0.5, 0.6) is 5.75 Å². The summed E-state index contributed by atoms with van der Waals surface area (Å²) in [7, 11) is 0. The maximum Gasteiger partial charge on any atom is 0.174 e. The van der Waals surface area contributed by atoms with Crippen molar-refractivity contribution in [3.63, 3.8) is 0 Å². The zero-order valence-electron chi connectivity index (χ0n) is 18.2. The van der Waals surface area contributed by atoms with Gasteiger partial charge in [0, 0.05) is 33.4 Å². The van der Waals surface area contributed by atoms with E-state index < -0.39 is 0 Å². The lowest BCUT2D eigenvalue weighted by Gasteiger charge is -2.28. The minimum atomic E-state index is -0.121. The molecular formula is C26H23BrN4OS. The van der Waals surface area contributed by atoms with Crippen LogP contribution in [0.3, 0.4) is 0 Å². The Morgan fingerprint density at radius 3 is 2.45 bits per heavy atom. The molecule has 1 aliphatic rings. The van der Waals surface area contributed by atoms with Crippen molar-refractivity contribution in [3.8, 4) is 11.4 Å². The molecule has 5 nitrogen and oxygen atoms in total. The number of benzene rings is 2. The molecule has 4 aromatic rings. The molecule has 1 aliphatic heterocycles. The first-order chi connectivity index (χ1) is 15.9. The summed E-state index contributed by atoms with van der Waals surface area (Å²) >= 11 is 9.41. The lowest BCUT2D eigenvalue weighted by Crippen LogP contribution is -2.29. The number of phenolic OH excluding ortho intramolecular Hbond substituents is 1. The average molecular weight is 519 g/mol. The Bertz CT molecular complexity index is 1320. The van der Waals surface area contributed by atoms with Gasteiger partial charge < -0.3 is 19.9 Å². The van der Waals surface area contributed by atoms with Crippen molar-refractivity contribution in [2.45, 2.75) is 25.9 Å². The summed E-state index contributed by atoms with van der Waals surface area (Å²) in [5.74, 6) is 0.225. The van der Waals surface area contributed by atoms with E-state index >= 15 is 0 Å². The van der Waals surface area contributed by atoms with Gasteiger partial charge in [-0.05, 0) is 92.3 Å². The number of phenols is 1. The second-order valence-corrected chi connectivity index (χ2v) is 9.46. The van der Waals surface area contributed by atoms with E-state index in [1.807, 2.05) is 48.7 Å². The third-order valence-corrected chi connectivity index (χ3v) is 6.89. The van der Waals surface area contributed by atoms with Crippen molar-refractivity contribution in [1.29, 1.82) is 0 Å². The maximum absolute atomic E-state index is 9.83. The topological polar surface area (TPSA) is 53.3 Å². The van der Waals surface area contributed by atoms with E-state index in [1.54, 1.807) is 12.1 Å². The molecule has 0 spiro atoms. The second-order valence-electron chi connectivity index (χ2n) is 8.15. The minimum Gasteiger partial charge on any atom is -0.508 e. The lowest BCUT2D eigenvalue weighted by molar-refractivity contribution is 0.475. The molecule has 166 valence electrons. The summed E-state index contributed by atoms with van der Waals surface area (Å²) in [5.41, 5.74) is 6.41. The van der Waals surface area contributed by atoms with Gasteiger partial charge in [0.15, 0.2) is 5.11 Å². The molecule has 0 radical (unpaired) electrons. The third-order valence-electron chi connectivity index (χ3n) is 6.08. The largest absolute Gasteiger partial charge is 0.508 e. The van der Waals surface area contributed by atoms with E-state index in [9.17, 15) is 5.11 Å². The molecule has 3 heterocycles. The Kier molecular flexibility index (Phi) is 5.68. The monoisotopic (exact) mass is 518 g/mol. The average Bonchev–Trinajstić information content (AvgIpc) is 3.30. The highest BCUT2D eigenvalue weighted by molar-refractivity contribution is 9.10. The summed E-state index contributed by atoms with van der Waals surface area (Å²) in [6.45, 7) is 4.27. The number of pyridine rings is 1. The molecule has 5 rings (SSSR count). The molecule has 2 N–H and O–H groups in total. The normalized spacial score (nSPS) is 17.9. The van der Waals surface area contributed by atoms with Gasteiger partial charge in [-0.15, -0.1) is 0 Å². The van der Waals surface area contributed by atoms with E-state index in [0.29, 0.717) is 5.11 Å². The molecule has 2 aromatic carbocycles. The van der Waals surface area contributed by atoms with Crippen LogP contribution in [0.4, 0.5) is 5.69 Å². The predicted molar refractivity (Wildman–Crippen MR) is 139 cm³/mol. The van der Waals surface area contributed by atoms with Gasteiger partial charge in [0.1, 0.15) is 5.75 Å². The lowest BCUT2D eigenvalue weighted by atomic mass is 9.96. The van der Waals surface area contributed by atoms with Crippen LogP contribution in [0.1, 0.15) is 34.7 Å². The number of anilines is 1. The first kappa shape index (κ1) is 21.7. The number of thiocarbonyl (C=S) groups is 1. The SMILES string of the molecule is Cc1cc([C@@H]2[C@H](c3ccccn3)NC(=S)N2c2ccc(O)cc2)c(C)n1-c1cccc(Br)c1. The Labute approximate surface area is 206 Å². The third kappa shape index (κ3) is 3.92. The molecule has 1 saturated heterocycles. The molecule has 0 bridgehead atoms. The molecule has 2 atom stereocenters. The second kappa shape index (κ2) is 8.65. The van der Waals surface area contributed by atoms with Crippen molar-refractivity contribution in [2.24, 2.45) is 0 Å². The molecule has 0 amide bonds. The molecule has 33 heavy (non-hydrogen) atoms. The van der Waals surface area contributed by atoms with Gasteiger partial charge in [-0.2, -0.15) is 0 Å². The summed E-state index contributed by atoms with van der Waals surface area (Å²) in [6, 6.07) is 23.4. The van der Waals surface area contributed by atoms with Gasteiger partial charge in [-0.3, -0.25) is 4.98 Å². The summed E-state index contributed by atoms with van der Waals surface area (Å²) in [6.07, 6.45) is 1.81. The van der Waals surface area contributed by atoms with Crippen molar-refractivity contribution in [3.05, 3.63) is 106 Å². The molecule has 7 heteroatoms. The first-order valence-corrected chi connectivity index (χ1v) is 11.9. The predicted octanol–water partition coefficient (Wildman–Crippen LogP) is 6.13. The van der Waals surface area contributed by atoms with Crippen molar-refractivity contribution < 1.29 is 5.11 Å². The van der Waals surface area contributed by atoms with E-state index in [0.717, 1.165) is 32.9 Å². The van der Waals surface area contributed by atoms with Gasteiger partial charge in [-0.1, -0.05) is 28.1 Å². The maximum atomic E-state index is 9.83. The highest BCUT2D eigenvalue weighted by atomic mass is 79.9. The van der Waals surface area contributed by atoms with Gasteiger partial charge in [0.05, 0.1) is 17.8 Å². The highest BCUT2D eigenvalue weighted by Gasteiger charge is 2.42. The van der Waals surface area contributed by atoms with Crippen molar-refractivity contribution >= 4 is 38.9 Å². The van der Waals surface area contributed by atoms with Crippen LogP contribution in [-0.2, 0) is 0 Å². The Hall–Kier alpha value is -3.16. The number of hydrogen-bond acceptors (Lipinski definition) is 3. The molecule has 0 saturated carbocycles. The van der Waals surface area contributed by atoms with Crippen LogP contribution in [0.2, 0.25) is 0 Å². The number of nitrogens with one attached hydrogen (secondary N) is 1. The highest BCUT2D eigenvalue weighted by Crippen LogP contribution is 2.44. The first-order valence-electron chi connectivity index (χ1n) is 10.7. The van der Waals surface area contributed by atoms with Crippen LogP contribution in [0.25, 0.3) is 5.69 Å². The summed E-state index contributed by atoms with van der Waals surface area (Å²) < 4.78 is 3.31. The number of aromatic hydroxyl groups is 1. The number of rotatable bonds is 4. The number of nitrogens with zero attached hydrogens (tertiary/aromatic N) is 3. The fourth-order valence-corrected chi connectivity index (χ4v) is 5.39. The molecular weight excluding hydrogens is 496 g/mol. The van der Waals surface area contributed by atoms with E-state index in [4.69, 9.17) is 12.2 Å². The Morgan fingerprint density at radius 1 is 0.970 bits per heavy atom. The van der Waals surface area contributed by atoms with E-state index in [-0.39, 0.29) is 17.8 Å². The van der Waals surface area contributed by atoms with Gasteiger partial charge in [-0.25, -0.2) is 0 Å². The number of halogens is 1. The van der Waals surface area contributed by atoms with Gasteiger partial charge in [0.25, 0.3) is 0 Å². The van der Waals surface area contributed by atoms with Crippen LogP contribution < -0.4 is 10.2 Å². The fraction of sp³-hybridized carbons (Fsp3) is 0.154. The van der Waals surface area contributed by atoms with Crippen LogP contribution >= 0.6 is 28.1 Å². The summed E-state index contributed by atoms with van der Waals surface area (Å²) in [4.78, 5) is 6.77. The van der Waals surface area contributed by atoms with E-state index in [2.05, 4.69) is 67.7 Å². The summed E-state index contributed by atoms with van der Waals surface area (Å²) in [5, 5.41) is 14.0. The smallest absolute Gasteiger partial charge is 0.174 e. The van der Waals surface area contributed by atoms with Gasteiger partial charge in [0.2, 0.25) is 0 Å². The zero-order valence-corrected chi connectivity index (χ0v) is 20.6. The van der Waals surface area contributed by atoms with Crippen LogP contribution in [-0.4, -0.2) is 19.8 Å². The quantitative estimate of drug-likeness (QED) is 0.318. The zero-order chi connectivity index (χ0) is 23.1. The standard InChI is InChI=1S/C26H23BrN4OS/c1-16-14-22(17(2)30(16)20-7-5-6-18(27)15-20)25-24(23-8-3-4-13-28-23)29-26(33)31(25)19-9-11-21(32)12-10-19/h3-15,24-25,32H,1-2H3,(H,29,33)/t24-,25+/m0/s1. The fourth-order valence-electron chi connectivity index (χ4n) is 4.66. The molecule has 0 aliphatic carbocycles.